The molecule has 11 heteroatoms. The van der Waals surface area contributed by atoms with Crippen LogP contribution < -0.4 is 21.1 Å². The Morgan fingerprint density at radius 1 is 1.02 bits per heavy atom. The predicted molar refractivity (Wildman–Crippen MR) is 165 cm³/mol. The molecule has 0 saturated carbocycles. The van der Waals surface area contributed by atoms with Gasteiger partial charge in [-0.05, 0) is 88.1 Å². The molecule has 2 unspecified atom stereocenters. The number of nitrogens with one attached hydrogen (secondary N) is 2. The van der Waals surface area contributed by atoms with Crippen molar-refractivity contribution in [3.8, 4) is 11.5 Å². The highest BCUT2D eigenvalue weighted by atomic mass is 16.6. The van der Waals surface area contributed by atoms with Gasteiger partial charge in [-0.1, -0.05) is 32.3 Å². The van der Waals surface area contributed by atoms with Crippen molar-refractivity contribution in [2.45, 2.75) is 90.8 Å². The molecular weight excluding hydrogens is 552 g/mol. The van der Waals surface area contributed by atoms with Crippen molar-refractivity contribution in [2.75, 3.05) is 19.0 Å². The van der Waals surface area contributed by atoms with Crippen LogP contribution in [0.15, 0.2) is 42.5 Å². The molecule has 0 saturated heterocycles. The Morgan fingerprint density at radius 2 is 1.70 bits per heavy atom. The van der Waals surface area contributed by atoms with E-state index in [4.69, 9.17) is 15.2 Å². The summed E-state index contributed by atoms with van der Waals surface area (Å²) < 4.78 is 10.6. The number of rotatable bonds is 15. The zero-order valence-corrected chi connectivity index (χ0v) is 26.1. The fourth-order valence-electron chi connectivity index (χ4n) is 4.48. The van der Waals surface area contributed by atoms with Crippen LogP contribution in [0.5, 0.6) is 11.5 Å². The first-order valence-electron chi connectivity index (χ1n) is 14.6. The Balaban J connectivity index is 2.58. The van der Waals surface area contributed by atoms with Gasteiger partial charge in [-0.2, -0.15) is 0 Å². The van der Waals surface area contributed by atoms with E-state index < -0.39 is 41.5 Å². The van der Waals surface area contributed by atoms with Gasteiger partial charge < -0.3 is 35.8 Å². The van der Waals surface area contributed by atoms with Crippen molar-refractivity contribution in [1.29, 1.82) is 0 Å². The second-order valence-electron chi connectivity index (χ2n) is 11.5. The molecule has 4 amide bonds. The number of nitrogens with zero attached hydrogens (tertiary/aromatic N) is 1. The number of benzene rings is 2. The maximum Gasteiger partial charge on any atom is 0.408 e. The first-order valence-corrected chi connectivity index (χ1v) is 14.6. The number of amides is 4. The fraction of sp³-hybridized carbons (Fsp3) is 0.500. The number of carbonyl (C=O) groups is 4. The molecule has 2 aromatic rings. The number of ether oxygens (including phenoxy) is 2. The van der Waals surface area contributed by atoms with Gasteiger partial charge in [0.15, 0.2) is 0 Å². The number of primary amides is 1. The third-order valence-corrected chi connectivity index (χ3v) is 6.66. The number of phenols is 1. The molecule has 0 bridgehead atoms. The molecule has 2 atom stereocenters. The van der Waals surface area contributed by atoms with Crippen LogP contribution in [0.4, 0.5) is 10.5 Å². The summed E-state index contributed by atoms with van der Waals surface area (Å²) in [6, 6.07) is 9.16. The van der Waals surface area contributed by atoms with Crippen LogP contribution in [-0.2, 0) is 19.1 Å². The summed E-state index contributed by atoms with van der Waals surface area (Å²) in [6.07, 6.45) is 2.22. The zero-order valence-electron chi connectivity index (χ0n) is 26.1. The van der Waals surface area contributed by atoms with Gasteiger partial charge in [-0.15, -0.1) is 0 Å². The summed E-state index contributed by atoms with van der Waals surface area (Å²) in [5, 5.41) is 15.7. The van der Waals surface area contributed by atoms with E-state index in [-0.39, 0.29) is 25.1 Å². The SMILES string of the molecule is CCCCCCN(C(=O)C(CCC(N)=O)NC(=O)OC(C)(C)C)C(C(=O)Nc1ccc(OC)cc1)c1ccc(O)c(C)c1. The molecule has 11 nitrogen and oxygen atoms in total. The minimum Gasteiger partial charge on any atom is -0.508 e. The predicted octanol–water partition coefficient (Wildman–Crippen LogP) is 4.96. The lowest BCUT2D eigenvalue weighted by molar-refractivity contribution is -0.141. The van der Waals surface area contributed by atoms with Crippen molar-refractivity contribution in [3.05, 3.63) is 53.6 Å². The van der Waals surface area contributed by atoms with E-state index in [9.17, 15) is 24.3 Å². The van der Waals surface area contributed by atoms with E-state index in [0.717, 1.165) is 19.3 Å². The van der Waals surface area contributed by atoms with Crippen molar-refractivity contribution in [1.82, 2.24) is 10.2 Å². The number of aryl methyl sites for hydroxylation is 1. The van der Waals surface area contributed by atoms with Gasteiger partial charge in [0.05, 0.1) is 7.11 Å². The van der Waals surface area contributed by atoms with E-state index in [1.165, 1.54) is 11.0 Å². The average molecular weight is 599 g/mol. The number of alkyl carbamates (subject to hydrolysis) is 1. The van der Waals surface area contributed by atoms with Gasteiger partial charge in [-0.25, -0.2) is 4.79 Å². The van der Waals surface area contributed by atoms with Crippen LogP contribution in [0.3, 0.4) is 0 Å². The first kappa shape index (κ1) is 34.9. The second-order valence-corrected chi connectivity index (χ2v) is 11.5. The fourth-order valence-corrected chi connectivity index (χ4v) is 4.48. The Morgan fingerprint density at radius 3 is 2.26 bits per heavy atom. The summed E-state index contributed by atoms with van der Waals surface area (Å²) in [5.41, 5.74) is 6.05. The minimum atomic E-state index is -1.19. The molecule has 0 aliphatic rings. The van der Waals surface area contributed by atoms with E-state index in [2.05, 4.69) is 17.6 Å². The average Bonchev–Trinajstić information content (AvgIpc) is 2.93. The molecule has 0 fully saturated rings. The molecule has 0 aliphatic heterocycles. The molecule has 236 valence electrons. The van der Waals surface area contributed by atoms with Gasteiger partial charge in [0, 0.05) is 18.7 Å². The van der Waals surface area contributed by atoms with Crippen LogP contribution in [0.1, 0.15) is 83.4 Å². The number of phenolic OH excluding ortho intramolecular Hbond substituents is 1. The molecule has 0 aromatic heterocycles. The van der Waals surface area contributed by atoms with Crippen molar-refractivity contribution < 1.29 is 33.8 Å². The number of hydrogen-bond donors (Lipinski definition) is 4. The number of carbonyl (C=O) groups excluding carboxylic acids is 4. The topological polar surface area (TPSA) is 160 Å². The Hall–Kier alpha value is -4.28. The molecular formula is C32H46N4O7. The van der Waals surface area contributed by atoms with E-state index in [0.29, 0.717) is 29.0 Å². The van der Waals surface area contributed by atoms with Crippen LogP contribution in [0.25, 0.3) is 0 Å². The monoisotopic (exact) mass is 598 g/mol. The summed E-state index contributed by atoms with van der Waals surface area (Å²) >= 11 is 0. The lowest BCUT2D eigenvalue weighted by atomic mass is 9.98. The van der Waals surface area contributed by atoms with Crippen molar-refractivity contribution in [2.24, 2.45) is 5.73 Å². The smallest absolute Gasteiger partial charge is 0.408 e. The minimum absolute atomic E-state index is 0.0461. The highest BCUT2D eigenvalue weighted by molar-refractivity contribution is 5.99. The summed E-state index contributed by atoms with van der Waals surface area (Å²) in [5.74, 6) is -1.04. The number of nitrogens with two attached hydrogens (primary N) is 1. The lowest BCUT2D eigenvalue weighted by Crippen LogP contribution is -2.52. The van der Waals surface area contributed by atoms with Gasteiger partial charge in [0.25, 0.3) is 5.91 Å². The quantitative estimate of drug-likeness (QED) is 0.211. The van der Waals surface area contributed by atoms with Crippen LogP contribution >= 0.6 is 0 Å². The molecule has 0 heterocycles. The molecule has 0 spiro atoms. The van der Waals surface area contributed by atoms with Crippen LogP contribution in [0, 0.1) is 6.92 Å². The Kier molecular flexibility index (Phi) is 13.3. The molecule has 43 heavy (non-hydrogen) atoms. The standard InChI is InChI=1S/C32H46N4O7/c1-7-8-9-10-19-36(30(40)25(16-18-27(33)38)35-31(41)43-32(3,4)5)28(22-11-17-26(37)21(2)20-22)29(39)34-23-12-14-24(42-6)15-13-23/h11-15,17,20,25,28,37H,7-10,16,18-19H2,1-6H3,(H2,33,38)(H,34,39)(H,35,41). The second kappa shape index (κ2) is 16.4. The maximum absolute atomic E-state index is 14.3. The summed E-state index contributed by atoms with van der Waals surface area (Å²) in [4.78, 5) is 54.2. The van der Waals surface area contributed by atoms with Gasteiger partial charge >= 0.3 is 6.09 Å². The summed E-state index contributed by atoms with van der Waals surface area (Å²) in [6.45, 7) is 9.05. The molecule has 2 aromatic carbocycles. The Bertz CT molecular complexity index is 1240. The maximum atomic E-state index is 14.3. The van der Waals surface area contributed by atoms with Crippen LogP contribution in [-0.4, -0.2) is 59.1 Å². The highest BCUT2D eigenvalue weighted by Gasteiger charge is 2.36. The van der Waals surface area contributed by atoms with Gasteiger partial charge in [0.2, 0.25) is 11.8 Å². The van der Waals surface area contributed by atoms with E-state index >= 15 is 0 Å². The van der Waals surface area contributed by atoms with E-state index in [1.54, 1.807) is 71.2 Å². The lowest BCUT2D eigenvalue weighted by Gasteiger charge is -2.34. The molecule has 0 aliphatic carbocycles. The number of aromatic hydroxyl groups is 1. The first-order chi connectivity index (χ1) is 20.2. The third-order valence-electron chi connectivity index (χ3n) is 6.66. The highest BCUT2D eigenvalue weighted by Crippen LogP contribution is 2.29. The largest absolute Gasteiger partial charge is 0.508 e. The van der Waals surface area contributed by atoms with Gasteiger partial charge in [-0.3, -0.25) is 14.4 Å². The van der Waals surface area contributed by atoms with E-state index in [1.807, 2.05) is 0 Å². The number of methoxy groups -OCH3 is 1. The summed E-state index contributed by atoms with van der Waals surface area (Å²) in [7, 11) is 1.54. The molecule has 5 N–H and O–H groups in total. The normalized spacial score (nSPS) is 12.5. The Labute approximate surface area is 254 Å². The number of hydrogen-bond acceptors (Lipinski definition) is 7. The van der Waals surface area contributed by atoms with Crippen LogP contribution in [0.2, 0.25) is 0 Å². The molecule has 2 rings (SSSR count). The van der Waals surface area contributed by atoms with Gasteiger partial charge in [0.1, 0.15) is 29.2 Å². The zero-order chi connectivity index (χ0) is 32.2. The molecule has 0 radical (unpaired) electrons. The van der Waals surface area contributed by atoms with Crippen molar-refractivity contribution in [3.63, 3.8) is 0 Å². The number of anilines is 1. The number of unbranched alkanes of at least 4 members (excludes halogenated alkanes) is 3. The third kappa shape index (κ3) is 11.5. The van der Waals surface area contributed by atoms with Crippen molar-refractivity contribution >= 4 is 29.5 Å².